The molecule has 0 aliphatic rings. The van der Waals surface area contributed by atoms with Crippen LogP contribution in [0, 0.1) is 10.1 Å². The quantitative estimate of drug-likeness (QED) is 0.246. The number of azide groups is 1. The molecule has 0 saturated heterocycles. The number of aromatic amines is 1. The van der Waals surface area contributed by atoms with Crippen LogP contribution in [0.1, 0.15) is 18.8 Å². The van der Waals surface area contributed by atoms with Gasteiger partial charge in [-0.3, -0.25) is 0 Å². The van der Waals surface area contributed by atoms with Gasteiger partial charge in [0.1, 0.15) is 6.04 Å². The van der Waals surface area contributed by atoms with Crippen LogP contribution in [-0.2, 0) is 0 Å². The maximum Gasteiger partial charge on any atom is 0.491 e. The molecule has 68 valence electrons. The molecule has 1 unspecified atom stereocenters. The highest BCUT2D eigenvalue weighted by Crippen LogP contribution is 2.13. The molecule has 13 heavy (non-hydrogen) atoms. The lowest BCUT2D eigenvalue weighted by Crippen LogP contribution is -1.92. The SMILES string of the molecule is CC(N=[N+]=[N-])c1nc([N+](=O)[O-])n[nH]1. The Kier molecular flexibility index (Phi) is 2.41. The molecule has 0 aliphatic carbocycles. The van der Waals surface area contributed by atoms with Crippen molar-refractivity contribution in [3.8, 4) is 0 Å². The van der Waals surface area contributed by atoms with Crippen molar-refractivity contribution in [2.24, 2.45) is 5.11 Å². The van der Waals surface area contributed by atoms with E-state index in [1.54, 1.807) is 6.92 Å². The molecule has 0 bridgehead atoms. The molecule has 1 N–H and O–H groups in total. The first-order chi connectivity index (χ1) is 6.15. The Balaban J connectivity index is 2.91. The standard InChI is InChI=1S/C4H5N7O2/c1-2(7-10-5)3-6-4(9-8-3)11(12)13/h2H,1H3,(H,6,8,9). The van der Waals surface area contributed by atoms with Gasteiger partial charge in [0.25, 0.3) is 0 Å². The fourth-order valence-corrected chi connectivity index (χ4v) is 0.666. The summed E-state index contributed by atoms with van der Waals surface area (Å²) >= 11 is 0. The summed E-state index contributed by atoms with van der Waals surface area (Å²) < 4.78 is 0. The fraction of sp³-hybridized carbons (Fsp3) is 0.500. The summed E-state index contributed by atoms with van der Waals surface area (Å²) in [5.74, 6) is -0.362. The normalized spacial score (nSPS) is 11.8. The van der Waals surface area contributed by atoms with Gasteiger partial charge in [0.05, 0.1) is 0 Å². The monoisotopic (exact) mass is 183 g/mol. The highest BCUT2D eigenvalue weighted by molar-refractivity contribution is 5.05. The molecule has 1 aromatic heterocycles. The van der Waals surface area contributed by atoms with Crippen molar-refractivity contribution < 1.29 is 4.92 Å². The lowest BCUT2D eigenvalue weighted by molar-refractivity contribution is -0.394. The molecular weight excluding hydrogens is 178 g/mol. The van der Waals surface area contributed by atoms with Crippen molar-refractivity contribution in [2.75, 3.05) is 0 Å². The highest BCUT2D eigenvalue weighted by Gasteiger charge is 2.18. The molecule has 9 heteroatoms. The maximum absolute atomic E-state index is 10.2. The van der Waals surface area contributed by atoms with E-state index in [0.29, 0.717) is 0 Å². The van der Waals surface area contributed by atoms with Crippen LogP contribution in [0.3, 0.4) is 0 Å². The number of nitrogens with one attached hydrogen (secondary N) is 1. The smallest absolute Gasteiger partial charge is 0.390 e. The minimum atomic E-state index is -0.733. The van der Waals surface area contributed by atoms with Crippen LogP contribution in [0.2, 0.25) is 0 Å². The molecule has 9 nitrogen and oxygen atoms in total. The number of rotatable bonds is 3. The number of hydrogen-bond acceptors (Lipinski definition) is 5. The zero-order valence-electron chi connectivity index (χ0n) is 6.58. The second-order valence-electron chi connectivity index (χ2n) is 2.16. The van der Waals surface area contributed by atoms with Crippen molar-refractivity contribution in [3.63, 3.8) is 0 Å². The predicted molar refractivity (Wildman–Crippen MR) is 40.6 cm³/mol. The third-order valence-corrected chi connectivity index (χ3v) is 1.27. The summed E-state index contributed by atoms with van der Waals surface area (Å²) in [6, 6.07) is -0.591. The molecule has 0 spiro atoms. The Morgan fingerprint density at radius 2 is 2.54 bits per heavy atom. The minimum absolute atomic E-state index is 0.171. The molecule has 1 heterocycles. The van der Waals surface area contributed by atoms with E-state index in [2.05, 4.69) is 25.2 Å². The summed E-state index contributed by atoms with van der Waals surface area (Å²) in [6.45, 7) is 1.55. The molecule has 0 aliphatic heterocycles. The van der Waals surface area contributed by atoms with Crippen LogP contribution in [0.15, 0.2) is 5.11 Å². The molecule has 1 aromatic rings. The van der Waals surface area contributed by atoms with Crippen LogP contribution in [0.5, 0.6) is 0 Å². The van der Waals surface area contributed by atoms with Gasteiger partial charge in [-0.05, 0) is 22.4 Å². The van der Waals surface area contributed by atoms with Crippen LogP contribution >= 0.6 is 0 Å². The summed E-state index contributed by atoms with van der Waals surface area (Å²) in [4.78, 5) is 15.4. The summed E-state index contributed by atoms with van der Waals surface area (Å²) in [5, 5.41) is 19.0. The minimum Gasteiger partial charge on any atom is -0.390 e. The van der Waals surface area contributed by atoms with E-state index in [1.165, 1.54) is 0 Å². The first kappa shape index (κ1) is 8.94. The summed E-state index contributed by atoms with van der Waals surface area (Å²) in [7, 11) is 0. The number of nitrogens with zero attached hydrogens (tertiary/aromatic N) is 6. The lowest BCUT2D eigenvalue weighted by atomic mass is 10.3. The maximum atomic E-state index is 10.2. The number of hydrogen-bond donors (Lipinski definition) is 1. The first-order valence-corrected chi connectivity index (χ1v) is 3.26. The third-order valence-electron chi connectivity index (χ3n) is 1.27. The van der Waals surface area contributed by atoms with Crippen molar-refractivity contribution >= 4 is 5.95 Å². The Morgan fingerprint density at radius 3 is 3.00 bits per heavy atom. The van der Waals surface area contributed by atoms with Crippen molar-refractivity contribution in [3.05, 3.63) is 26.4 Å². The van der Waals surface area contributed by atoms with E-state index in [-0.39, 0.29) is 5.82 Å². The Hall–Kier alpha value is -2.15. The van der Waals surface area contributed by atoms with Crippen molar-refractivity contribution in [1.82, 2.24) is 15.2 Å². The third kappa shape index (κ3) is 1.91. The van der Waals surface area contributed by atoms with E-state index in [0.717, 1.165) is 0 Å². The Labute approximate surface area is 71.6 Å². The van der Waals surface area contributed by atoms with Crippen molar-refractivity contribution in [2.45, 2.75) is 13.0 Å². The second kappa shape index (κ2) is 3.50. The van der Waals surface area contributed by atoms with Gasteiger partial charge in [-0.25, -0.2) is 0 Å². The van der Waals surface area contributed by atoms with E-state index in [1.807, 2.05) is 0 Å². The highest BCUT2D eigenvalue weighted by atomic mass is 16.6. The van der Waals surface area contributed by atoms with Gasteiger partial charge in [0, 0.05) is 10.0 Å². The fourth-order valence-electron chi connectivity index (χ4n) is 0.666. The summed E-state index contributed by atoms with van der Waals surface area (Å²) in [6.07, 6.45) is 0. The molecule has 0 radical (unpaired) electrons. The van der Waals surface area contributed by atoms with E-state index < -0.39 is 16.9 Å². The van der Waals surface area contributed by atoms with Crippen molar-refractivity contribution in [1.29, 1.82) is 0 Å². The Morgan fingerprint density at radius 1 is 1.85 bits per heavy atom. The van der Waals surface area contributed by atoms with Gasteiger partial charge < -0.3 is 10.1 Å². The molecule has 0 amide bonds. The lowest BCUT2D eigenvalue weighted by Gasteiger charge is -1.90. The van der Waals surface area contributed by atoms with E-state index in [9.17, 15) is 10.1 Å². The van der Waals surface area contributed by atoms with Crippen LogP contribution in [0.4, 0.5) is 5.95 Å². The zero-order valence-corrected chi connectivity index (χ0v) is 6.58. The molecular formula is C4H5N7O2. The molecule has 0 aromatic carbocycles. The largest absolute Gasteiger partial charge is 0.491 e. The molecule has 0 fully saturated rings. The molecule has 1 atom stereocenters. The van der Waals surface area contributed by atoms with Gasteiger partial charge in [-0.1, -0.05) is 5.11 Å². The van der Waals surface area contributed by atoms with Crippen LogP contribution < -0.4 is 0 Å². The molecule has 1 rings (SSSR count). The average molecular weight is 183 g/mol. The number of nitro groups is 1. The van der Waals surface area contributed by atoms with E-state index >= 15 is 0 Å². The van der Waals surface area contributed by atoms with Gasteiger partial charge in [0.15, 0.2) is 0 Å². The van der Waals surface area contributed by atoms with Crippen LogP contribution in [0.25, 0.3) is 10.4 Å². The number of aromatic nitrogens is 3. The zero-order chi connectivity index (χ0) is 9.84. The van der Waals surface area contributed by atoms with Crippen LogP contribution in [-0.4, -0.2) is 20.1 Å². The first-order valence-electron chi connectivity index (χ1n) is 3.26. The average Bonchev–Trinajstić information content (AvgIpc) is 2.52. The van der Waals surface area contributed by atoms with Gasteiger partial charge in [-0.2, -0.15) is 5.10 Å². The van der Waals surface area contributed by atoms with Gasteiger partial charge in [0.2, 0.25) is 5.82 Å². The topological polar surface area (TPSA) is 133 Å². The van der Waals surface area contributed by atoms with Gasteiger partial charge >= 0.3 is 5.95 Å². The number of H-pyrrole nitrogens is 1. The second-order valence-corrected chi connectivity index (χ2v) is 2.16. The predicted octanol–water partition coefficient (Wildman–Crippen LogP) is 1.08. The van der Waals surface area contributed by atoms with Gasteiger partial charge in [-0.15, -0.1) is 0 Å². The summed E-state index contributed by atoms with van der Waals surface area (Å²) in [5.41, 5.74) is 8.08. The Bertz CT molecular complexity index is 364. The van der Waals surface area contributed by atoms with E-state index in [4.69, 9.17) is 5.53 Å². The molecule has 0 saturated carbocycles.